The average Bonchev–Trinajstić information content (AvgIpc) is 3.41. The lowest BCUT2D eigenvalue weighted by molar-refractivity contribution is 0.794. The molecule has 6 aromatic rings. The molecule has 0 atom stereocenters. The topological polar surface area (TPSA) is 12.0 Å². The normalized spacial score (nSPS) is 13.8. The number of fused-ring (bicyclic) bond motifs is 11. The quantitative estimate of drug-likeness (QED) is 0.273. The largest absolute Gasteiger partial charge is 0.355 e. The van der Waals surface area contributed by atoms with Crippen LogP contribution >= 0.6 is 0 Å². The van der Waals surface area contributed by atoms with E-state index in [2.05, 4.69) is 139 Å². The molecule has 0 aromatic heterocycles. The second-order valence-electron chi connectivity index (χ2n) is 9.77. The lowest BCUT2D eigenvalue weighted by Crippen LogP contribution is -2.25. The molecule has 8 rings (SSSR count). The molecule has 1 heteroatoms. The summed E-state index contributed by atoms with van der Waals surface area (Å²) >= 11 is 0. The van der Waals surface area contributed by atoms with Gasteiger partial charge in [-0.05, 0) is 56.5 Å². The smallest absolute Gasteiger partial charge is 0.0726 e. The van der Waals surface area contributed by atoms with E-state index in [1.165, 1.54) is 55.3 Å². The summed E-state index contributed by atoms with van der Waals surface area (Å²) in [5, 5.41) is 6.32. The van der Waals surface area contributed by atoms with Gasteiger partial charge in [-0.2, -0.15) is 0 Å². The van der Waals surface area contributed by atoms with Crippen LogP contribution < -0.4 is 5.32 Å². The first-order valence-electron chi connectivity index (χ1n) is 12.5. The molecular formula is C35H23N. The van der Waals surface area contributed by atoms with Crippen molar-refractivity contribution in [1.82, 2.24) is 0 Å². The zero-order chi connectivity index (χ0) is 23.7. The van der Waals surface area contributed by atoms with Gasteiger partial charge in [-0.1, -0.05) is 121 Å². The van der Waals surface area contributed by atoms with Crippen molar-refractivity contribution >= 4 is 22.1 Å². The summed E-state index contributed by atoms with van der Waals surface area (Å²) in [6.07, 6.45) is 0. The molecule has 0 radical (unpaired) electrons. The van der Waals surface area contributed by atoms with Gasteiger partial charge in [-0.15, -0.1) is 0 Å². The minimum atomic E-state index is -0.310. The van der Waals surface area contributed by atoms with Gasteiger partial charge in [0.1, 0.15) is 0 Å². The molecule has 1 spiro atoms. The molecule has 0 unspecified atom stereocenters. The Hall–Kier alpha value is -4.62. The third-order valence-electron chi connectivity index (χ3n) is 8.08. The zero-order valence-electron chi connectivity index (χ0n) is 19.7. The summed E-state index contributed by atoms with van der Waals surface area (Å²) in [6, 6.07) is 48.7. The molecule has 0 amide bonds. The van der Waals surface area contributed by atoms with Gasteiger partial charge in [0.2, 0.25) is 0 Å². The van der Waals surface area contributed by atoms with Crippen molar-refractivity contribution in [1.29, 1.82) is 0 Å². The molecule has 1 nitrogen and oxygen atoms in total. The summed E-state index contributed by atoms with van der Waals surface area (Å²) < 4.78 is 0. The molecule has 0 saturated carbocycles. The Morgan fingerprint density at radius 3 is 1.64 bits per heavy atom. The first kappa shape index (κ1) is 19.7. The predicted molar refractivity (Wildman–Crippen MR) is 150 cm³/mol. The lowest BCUT2D eigenvalue weighted by atomic mass is 9.70. The molecule has 36 heavy (non-hydrogen) atoms. The second-order valence-corrected chi connectivity index (χ2v) is 9.77. The molecular weight excluding hydrogens is 434 g/mol. The number of benzene rings is 6. The van der Waals surface area contributed by atoms with Gasteiger partial charge in [-0.25, -0.2) is 0 Å². The number of hydrogen-bond donors (Lipinski definition) is 1. The van der Waals surface area contributed by atoms with Gasteiger partial charge in [0.05, 0.1) is 5.41 Å². The van der Waals surface area contributed by atoms with E-state index in [9.17, 15) is 0 Å². The minimum Gasteiger partial charge on any atom is -0.355 e. The molecule has 0 aliphatic heterocycles. The van der Waals surface area contributed by atoms with Gasteiger partial charge >= 0.3 is 0 Å². The van der Waals surface area contributed by atoms with E-state index >= 15 is 0 Å². The van der Waals surface area contributed by atoms with Crippen LogP contribution in [0.1, 0.15) is 22.3 Å². The Morgan fingerprint density at radius 2 is 0.889 bits per heavy atom. The van der Waals surface area contributed by atoms with Crippen LogP contribution in [0.3, 0.4) is 0 Å². The SMILES string of the molecule is c1ccc2c(c1)-c1ccccc1C21c2ccccc2-c2c(Nc3cccc4ccccc34)cccc21. The fraction of sp³-hybridized carbons (Fsp3) is 0.0286. The highest BCUT2D eigenvalue weighted by molar-refractivity contribution is 6.01. The Bertz CT molecular complexity index is 1780. The highest BCUT2D eigenvalue weighted by atomic mass is 14.9. The third-order valence-corrected chi connectivity index (χ3v) is 8.08. The molecule has 2 aliphatic carbocycles. The molecule has 6 aromatic carbocycles. The van der Waals surface area contributed by atoms with Crippen molar-refractivity contribution in [2.24, 2.45) is 0 Å². The van der Waals surface area contributed by atoms with E-state index in [0.717, 1.165) is 11.4 Å². The van der Waals surface area contributed by atoms with Crippen molar-refractivity contribution in [2.75, 3.05) is 5.32 Å². The monoisotopic (exact) mass is 457 g/mol. The van der Waals surface area contributed by atoms with E-state index in [-0.39, 0.29) is 5.41 Å². The van der Waals surface area contributed by atoms with Crippen LogP contribution in [0.4, 0.5) is 11.4 Å². The van der Waals surface area contributed by atoms with Crippen molar-refractivity contribution in [3.8, 4) is 22.3 Å². The first-order chi connectivity index (χ1) is 17.9. The Morgan fingerprint density at radius 1 is 0.389 bits per heavy atom. The first-order valence-corrected chi connectivity index (χ1v) is 12.5. The summed E-state index contributed by atoms with van der Waals surface area (Å²) in [4.78, 5) is 0. The zero-order valence-corrected chi connectivity index (χ0v) is 19.7. The molecule has 168 valence electrons. The predicted octanol–water partition coefficient (Wildman–Crippen LogP) is 8.93. The number of rotatable bonds is 2. The van der Waals surface area contributed by atoms with Crippen molar-refractivity contribution in [2.45, 2.75) is 5.41 Å². The van der Waals surface area contributed by atoms with Crippen LogP contribution in [-0.2, 0) is 5.41 Å². The summed E-state index contributed by atoms with van der Waals surface area (Å²) in [7, 11) is 0. The van der Waals surface area contributed by atoms with Gasteiger partial charge in [0, 0.05) is 22.3 Å². The van der Waals surface area contributed by atoms with Gasteiger partial charge in [0.25, 0.3) is 0 Å². The van der Waals surface area contributed by atoms with Crippen LogP contribution in [-0.4, -0.2) is 0 Å². The number of hydrogen-bond acceptors (Lipinski definition) is 1. The third kappa shape index (κ3) is 2.40. The molecule has 2 aliphatic rings. The Balaban J connectivity index is 1.44. The summed E-state index contributed by atoms with van der Waals surface area (Å²) in [5.74, 6) is 0. The number of nitrogens with one attached hydrogen (secondary N) is 1. The van der Waals surface area contributed by atoms with Crippen molar-refractivity contribution < 1.29 is 0 Å². The molecule has 1 N–H and O–H groups in total. The maximum absolute atomic E-state index is 3.84. The summed E-state index contributed by atoms with van der Waals surface area (Å²) in [6.45, 7) is 0. The fourth-order valence-corrected chi connectivity index (χ4v) is 6.73. The average molecular weight is 458 g/mol. The van der Waals surface area contributed by atoms with Crippen LogP contribution in [0.25, 0.3) is 33.0 Å². The molecule has 0 bridgehead atoms. The van der Waals surface area contributed by atoms with E-state index in [4.69, 9.17) is 0 Å². The minimum absolute atomic E-state index is 0.310. The Kier molecular flexibility index (Phi) is 3.93. The van der Waals surface area contributed by atoms with Crippen LogP contribution in [0, 0.1) is 0 Å². The van der Waals surface area contributed by atoms with E-state index in [1.54, 1.807) is 0 Å². The highest BCUT2D eigenvalue weighted by Crippen LogP contribution is 2.63. The molecule has 0 heterocycles. The van der Waals surface area contributed by atoms with Gasteiger partial charge in [-0.3, -0.25) is 0 Å². The van der Waals surface area contributed by atoms with Crippen LogP contribution in [0.5, 0.6) is 0 Å². The lowest BCUT2D eigenvalue weighted by Gasteiger charge is -2.30. The van der Waals surface area contributed by atoms with E-state index < -0.39 is 0 Å². The van der Waals surface area contributed by atoms with Gasteiger partial charge < -0.3 is 5.32 Å². The molecule has 0 saturated heterocycles. The van der Waals surface area contributed by atoms with Crippen LogP contribution in [0.15, 0.2) is 133 Å². The summed E-state index contributed by atoms with van der Waals surface area (Å²) in [5.41, 5.74) is 12.7. The van der Waals surface area contributed by atoms with Crippen molar-refractivity contribution in [3.63, 3.8) is 0 Å². The number of anilines is 2. The standard InChI is InChI=1S/C35H23N/c1-2-13-24-23(11-1)12-9-21-32(24)36-33-22-10-20-31-34(33)27-16-5-8-19-30(27)35(31)28-17-6-3-14-25(28)26-15-4-7-18-29(26)35/h1-22,36H. The van der Waals surface area contributed by atoms with E-state index in [1.807, 2.05) is 0 Å². The molecule has 0 fully saturated rings. The fourth-order valence-electron chi connectivity index (χ4n) is 6.73. The maximum atomic E-state index is 3.84. The van der Waals surface area contributed by atoms with E-state index in [0.29, 0.717) is 0 Å². The second kappa shape index (κ2) is 7.19. The van der Waals surface area contributed by atoms with Gasteiger partial charge in [0.15, 0.2) is 0 Å². The highest BCUT2D eigenvalue weighted by Gasteiger charge is 2.51. The van der Waals surface area contributed by atoms with Crippen molar-refractivity contribution in [3.05, 3.63) is 156 Å². The maximum Gasteiger partial charge on any atom is 0.0726 e. The Labute approximate surface area is 210 Å². The van der Waals surface area contributed by atoms with Crippen LogP contribution in [0.2, 0.25) is 0 Å².